The van der Waals surface area contributed by atoms with Gasteiger partial charge in [0, 0.05) is 31.3 Å². The van der Waals surface area contributed by atoms with E-state index in [-0.39, 0.29) is 11.9 Å². The van der Waals surface area contributed by atoms with Crippen molar-refractivity contribution in [2.24, 2.45) is 0 Å². The second-order valence-corrected chi connectivity index (χ2v) is 3.49. The van der Waals surface area contributed by atoms with E-state index in [1.807, 2.05) is 0 Å². The average molecular weight is 167 g/mol. The summed E-state index contributed by atoms with van der Waals surface area (Å²) in [5, 5.41) is 9.27. The molecule has 2 rings (SSSR count). The first kappa shape index (κ1) is 7.80. The van der Waals surface area contributed by atoms with Crippen LogP contribution in [0.4, 0.5) is 0 Å². The molecule has 2 aliphatic rings. The van der Waals surface area contributed by atoms with E-state index in [0.29, 0.717) is 13.0 Å². The maximum absolute atomic E-state index is 10.9. The van der Waals surface area contributed by atoms with Crippen LogP contribution in [-0.4, -0.2) is 35.0 Å². The van der Waals surface area contributed by atoms with Gasteiger partial charge >= 0.3 is 0 Å². The minimum Gasteiger partial charge on any atom is -0.391 e. The van der Waals surface area contributed by atoms with Crippen LogP contribution >= 0.6 is 0 Å². The number of allylic oxidation sites excluding steroid dienone is 2. The largest absolute Gasteiger partial charge is 0.391 e. The van der Waals surface area contributed by atoms with E-state index < -0.39 is 0 Å². The Labute approximate surface area is 71.7 Å². The predicted octanol–water partition coefficient (Wildman–Crippen LogP) is 0.300. The number of hydrogen-bond donors (Lipinski definition) is 1. The van der Waals surface area contributed by atoms with Gasteiger partial charge in [0.15, 0.2) is 5.78 Å². The third-order valence-electron chi connectivity index (χ3n) is 2.52. The van der Waals surface area contributed by atoms with Crippen molar-refractivity contribution in [2.45, 2.75) is 25.4 Å². The van der Waals surface area contributed by atoms with E-state index in [9.17, 15) is 9.90 Å². The molecule has 1 atom stereocenters. The lowest BCUT2D eigenvalue weighted by molar-refractivity contribution is -0.114. The number of carbonyl (C=O) groups is 1. The highest BCUT2D eigenvalue weighted by atomic mass is 16.3. The van der Waals surface area contributed by atoms with Gasteiger partial charge in [-0.2, -0.15) is 0 Å². The van der Waals surface area contributed by atoms with Crippen LogP contribution in [0.5, 0.6) is 0 Å². The number of ketones is 1. The molecular weight excluding hydrogens is 154 g/mol. The fraction of sp³-hybridized carbons (Fsp3) is 0.667. The van der Waals surface area contributed by atoms with Gasteiger partial charge in [-0.1, -0.05) is 0 Å². The number of aliphatic hydroxyl groups is 1. The molecule has 0 radical (unpaired) electrons. The molecule has 0 spiro atoms. The highest BCUT2D eigenvalue weighted by molar-refractivity contribution is 5.92. The SMILES string of the molecule is O=C1C=C(N2CCC(O)C2)CC1. The summed E-state index contributed by atoms with van der Waals surface area (Å²) in [6, 6.07) is 0. The molecule has 0 aromatic carbocycles. The van der Waals surface area contributed by atoms with Crippen LogP contribution in [0.1, 0.15) is 19.3 Å². The van der Waals surface area contributed by atoms with E-state index in [0.717, 1.165) is 25.1 Å². The minimum absolute atomic E-state index is 0.193. The summed E-state index contributed by atoms with van der Waals surface area (Å²) in [5.41, 5.74) is 1.12. The van der Waals surface area contributed by atoms with Crippen molar-refractivity contribution in [3.8, 4) is 0 Å². The van der Waals surface area contributed by atoms with Crippen LogP contribution in [0.3, 0.4) is 0 Å². The van der Waals surface area contributed by atoms with Crippen LogP contribution in [0, 0.1) is 0 Å². The molecule has 0 saturated carbocycles. The van der Waals surface area contributed by atoms with Crippen LogP contribution in [0.15, 0.2) is 11.8 Å². The molecule has 3 nitrogen and oxygen atoms in total. The van der Waals surface area contributed by atoms with Crippen LogP contribution in [0.2, 0.25) is 0 Å². The van der Waals surface area contributed by atoms with Gasteiger partial charge in [-0.15, -0.1) is 0 Å². The third kappa shape index (κ3) is 1.37. The lowest BCUT2D eigenvalue weighted by Gasteiger charge is -2.18. The third-order valence-corrected chi connectivity index (χ3v) is 2.52. The fourth-order valence-electron chi connectivity index (χ4n) is 1.83. The van der Waals surface area contributed by atoms with Crippen molar-refractivity contribution in [2.75, 3.05) is 13.1 Å². The van der Waals surface area contributed by atoms with Crippen molar-refractivity contribution in [3.63, 3.8) is 0 Å². The summed E-state index contributed by atoms with van der Waals surface area (Å²) < 4.78 is 0. The Morgan fingerprint density at radius 1 is 1.50 bits per heavy atom. The zero-order valence-corrected chi connectivity index (χ0v) is 6.99. The van der Waals surface area contributed by atoms with E-state index >= 15 is 0 Å². The molecule has 0 bridgehead atoms. The first-order valence-electron chi connectivity index (χ1n) is 4.42. The summed E-state index contributed by atoms with van der Waals surface area (Å²) in [4.78, 5) is 13.0. The lowest BCUT2D eigenvalue weighted by atomic mass is 10.3. The number of nitrogens with zero attached hydrogens (tertiary/aromatic N) is 1. The Morgan fingerprint density at radius 3 is 2.83 bits per heavy atom. The lowest BCUT2D eigenvalue weighted by Crippen LogP contribution is -2.20. The monoisotopic (exact) mass is 167 g/mol. The number of hydrogen-bond acceptors (Lipinski definition) is 3. The zero-order valence-electron chi connectivity index (χ0n) is 6.99. The summed E-state index contributed by atoms with van der Waals surface area (Å²) in [5.74, 6) is 0.228. The highest BCUT2D eigenvalue weighted by Gasteiger charge is 2.24. The van der Waals surface area contributed by atoms with Crippen molar-refractivity contribution in [1.82, 2.24) is 4.90 Å². The van der Waals surface area contributed by atoms with E-state index in [1.54, 1.807) is 6.08 Å². The quantitative estimate of drug-likeness (QED) is 0.610. The molecule has 0 amide bonds. The van der Waals surface area contributed by atoms with Gasteiger partial charge in [-0.25, -0.2) is 0 Å². The maximum Gasteiger partial charge on any atom is 0.157 e. The molecule has 3 heteroatoms. The summed E-state index contributed by atoms with van der Waals surface area (Å²) >= 11 is 0. The zero-order chi connectivity index (χ0) is 8.55. The average Bonchev–Trinajstić information content (AvgIpc) is 2.58. The maximum atomic E-state index is 10.9. The van der Waals surface area contributed by atoms with Crippen molar-refractivity contribution >= 4 is 5.78 Å². The molecule has 1 aliphatic heterocycles. The van der Waals surface area contributed by atoms with E-state index in [1.165, 1.54) is 0 Å². The van der Waals surface area contributed by atoms with Gasteiger partial charge in [0.2, 0.25) is 0 Å². The summed E-state index contributed by atoms with van der Waals surface area (Å²) in [7, 11) is 0. The topological polar surface area (TPSA) is 40.5 Å². The van der Waals surface area contributed by atoms with Crippen LogP contribution < -0.4 is 0 Å². The van der Waals surface area contributed by atoms with Crippen LogP contribution in [-0.2, 0) is 4.79 Å². The minimum atomic E-state index is -0.193. The van der Waals surface area contributed by atoms with Crippen molar-refractivity contribution in [1.29, 1.82) is 0 Å². The predicted molar refractivity (Wildman–Crippen MR) is 44.5 cm³/mol. The van der Waals surface area contributed by atoms with Gasteiger partial charge in [0.25, 0.3) is 0 Å². The van der Waals surface area contributed by atoms with Gasteiger partial charge < -0.3 is 10.0 Å². The van der Waals surface area contributed by atoms with Crippen molar-refractivity contribution < 1.29 is 9.90 Å². The molecule has 1 heterocycles. The molecule has 1 N–H and O–H groups in total. The molecule has 1 fully saturated rings. The summed E-state index contributed by atoms with van der Waals surface area (Å²) in [6.45, 7) is 1.61. The molecular formula is C9H13NO2. The number of aliphatic hydroxyl groups excluding tert-OH is 1. The highest BCUT2D eigenvalue weighted by Crippen LogP contribution is 2.23. The normalized spacial score (nSPS) is 29.8. The molecule has 0 aromatic rings. The second-order valence-electron chi connectivity index (χ2n) is 3.49. The van der Waals surface area contributed by atoms with E-state index in [2.05, 4.69) is 4.90 Å². The molecule has 1 unspecified atom stereocenters. The first-order valence-corrected chi connectivity index (χ1v) is 4.42. The molecule has 66 valence electrons. The number of rotatable bonds is 1. The van der Waals surface area contributed by atoms with Crippen LogP contribution in [0.25, 0.3) is 0 Å². The number of likely N-dealkylation sites (tertiary alicyclic amines) is 1. The molecule has 1 aliphatic carbocycles. The number of β-amino-alcohol motifs (C(OH)–C–C–N with tert-alkyl or cyclic N) is 1. The van der Waals surface area contributed by atoms with Gasteiger partial charge in [0.05, 0.1) is 6.10 Å². The Bertz CT molecular complexity index is 235. The second kappa shape index (κ2) is 2.90. The standard InChI is InChI=1S/C9H13NO2/c11-8-2-1-7(5-8)10-4-3-9(12)6-10/h5,9,12H,1-4,6H2. The summed E-state index contributed by atoms with van der Waals surface area (Å²) in [6.07, 6.45) is 3.89. The Morgan fingerprint density at radius 2 is 2.33 bits per heavy atom. The smallest absolute Gasteiger partial charge is 0.157 e. The van der Waals surface area contributed by atoms with Crippen molar-refractivity contribution in [3.05, 3.63) is 11.8 Å². The van der Waals surface area contributed by atoms with Gasteiger partial charge in [-0.05, 0) is 12.8 Å². The van der Waals surface area contributed by atoms with E-state index in [4.69, 9.17) is 0 Å². The molecule has 12 heavy (non-hydrogen) atoms. The first-order chi connectivity index (χ1) is 5.75. The Kier molecular flexibility index (Phi) is 1.89. The Balaban J connectivity index is 2.01. The fourth-order valence-corrected chi connectivity index (χ4v) is 1.83. The number of carbonyl (C=O) groups excluding carboxylic acids is 1. The van der Waals surface area contributed by atoms with Gasteiger partial charge in [0.1, 0.15) is 0 Å². The molecule has 0 aromatic heterocycles. The molecule has 1 saturated heterocycles. The van der Waals surface area contributed by atoms with Gasteiger partial charge in [-0.3, -0.25) is 4.79 Å². The Hall–Kier alpha value is -0.830.